The first-order chi connectivity index (χ1) is 8.56. The predicted octanol–water partition coefficient (Wildman–Crippen LogP) is 2.86. The van der Waals surface area contributed by atoms with E-state index < -0.39 is 5.91 Å². The minimum Gasteiger partial charge on any atom is -0.366 e. The molecule has 0 fully saturated rings. The zero-order chi connectivity index (χ0) is 13.1. The van der Waals surface area contributed by atoms with Crippen LogP contribution in [-0.2, 0) is 0 Å². The standard InChI is InChI=1S/C12H9BrN2O2S/c13-8-5-10(18-6-8)12(17)15-9-3-1-7(2-4-9)11(14)16/h1-6H,(H2,14,16)(H,15,17). The number of carbonyl (C=O) groups is 2. The first-order valence-electron chi connectivity index (χ1n) is 5.01. The summed E-state index contributed by atoms with van der Waals surface area (Å²) < 4.78 is 0.877. The second-order valence-electron chi connectivity index (χ2n) is 3.52. The third-order valence-corrected chi connectivity index (χ3v) is 3.91. The summed E-state index contributed by atoms with van der Waals surface area (Å²) in [5, 5.41) is 4.57. The number of benzene rings is 1. The summed E-state index contributed by atoms with van der Waals surface area (Å²) in [5.41, 5.74) is 6.16. The van der Waals surface area contributed by atoms with Crippen molar-refractivity contribution in [3.8, 4) is 0 Å². The van der Waals surface area contributed by atoms with Gasteiger partial charge in [-0.15, -0.1) is 11.3 Å². The van der Waals surface area contributed by atoms with E-state index in [1.165, 1.54) is 11.3 Å². The third kappa shape index (κ3) is 2.96. The lowest BCUT2D eigenvalue weighted by Gasteiger charge is -2.03. The van der Waals surface area contributed by atoms with Crippen LogP contribution in [0.4, 0.5) is 5.69 Å². The Balaban J connectivity index is 2.10. The molecule has 2 aromatic rings. The maximum Gasteiger partial charge on any atom is 0.265 e. The number of hydrogen-bond acceptors (Lipinski definition) is 3. The van der Waals surface area contributed by atoms with Gasteiger partial charge in [-0.2, -0.15) is 0 Å². The van der Waals surface area contributed by atoms with Crippen LogP contribution in [0.3, 0.4) is 0 Å². The molecular formula is C12H9BrN2O2S. The van der Waals surface area contributed by atoms with Crippen molar-refractivity contribution in [1.29, 1.82) is 0 Å². The molecule has 1 aromatic heterocycles. The maximum absolute atomic E-state index is 11.8. The highest BCUT2D eigenvalue weighted by molar-refractivity contribution is 9.10. The Morgan fingerprint density at radius 2 is 1.89 bits per heavy atom. The van der Waals surface area contributed by atoms with Crippen LogP contribution in [0.25, 0.3) is 0 Å². The lowest BCUT2D eigenvalue weighted by atomic mass is 10.2. The van der Waals surface area contributed by atoms with E-state index in [1.54, 1.807) is 30.3 Å². The Morgan fingerprint density at radius 3 is 2.39 bits per heavy atom. The van der Waals surface area contributed by atoms with E-state index in [9.17, 15) is 9.59 Å². The van der Waals surface area contributed by atoms with Crippen molar-refractivity contribution >= 4 is 44.8 Å². The fourth-order valence-electron chi connectivity index (χ4n) is 1.34. The van der Waals surface area contributed by atoms with Gasteiger partial charge in [0.2, 0.25) is 5.91 Å². The fourth-order valence-corrected chi connectivity index (χ4v) is 2.66. The van der Waals surface area contributed by atoms with E-state index in [2.05, 4.69) is 21.2 Å². The molecule has 18 heavy (non-hydrogen) atoms. The Labute approximate surface area is 116 Å². The molecule has 0 aliphatic carbocycles. The molecule has 0 bridgehead atoms. The molecule has 0 aliphatic heterocycles. The number of hydrogen-bond donors (Lipinski definition) is 2. The van der Waals surface area contributed by atoms with E-state index in [4.69, 9.17) is 5.73 Å². The molecule has 1 heterocycles. The van der Waals surface area contributed by atoms with Crippen LogP contribution in [0.5, 0.6) is 0 Å². The fraction of sp³-hybridized carbons (Fsp3) is 0. The minimum absolute atomic E-state index is 0.183. The van der Waals surface area contributed by atoms with Crippen LogP contribution in [0.15, 0.2) is 40.2 Å². The number of anilines is 1. The molecule has 0 radical (unpaired) electrons. The molecule has 6 heteroatoms. The largest absolute Gasteiger partial charge is 0.366 e. The number of amides is 2. The lowest BCUT2D eigenvalue weighted by molar-refractivity contribution is 0.0998. The monoisotopic (exact) mass is 324 g/mol. The molecule has 2 rings (SSSR count). The van der Waals surface area contributed by atoms with Gasteiger partial charge >= 0.3 is 0 Å². The normalized spacial score (nSPS) is 10.1. The quantitative estimate of drug-likeness (QED) is 0.911. The molecule has 4 nitrogen and oxygen atoms in total. The Morgan fingerprint density at radius 1 is 1.22 bits per heavy atom. The summed E-state index contributed by atoms with van der Waals surface area (Å²) in [6.45, 7) is 0. The van der Waals surface area contributed by atoms with Crippen molar-refractivity contribution in [3.63, 3.8) is 0 Å². The van der Waals surface area contributed by atoms with Gasteiger partial charge in [-0.25, -0.2) is 0 Å². The van der Waals surface area contributed by atoms with Gasteiger partial charge in [0, 0.05) is 21.1 Å². The SMILES string of the molecule is NC(=O)c1ccc(NC(=O)c2cc(Br)cs2)cc1. The number of thiophene rings is 1. The minimum atomic E-state index is -0.491. The molecule has 0 atom stereocenters. The summed E-state index contributed by atoms with van der Waals surface area (Å²) in [5.74, 6) is -0.674. The molecule has 0 aliphatic rings. The summed E-state index contributed by atoms with van der Waals surface area (Å²) in [4.78, 5) is 23.3. The molecule has 0 unspecified atom stereocenters. The van der Waals surface area contributed by atoms with Crippen molar-refractivity contribution in [3.05, 3.63) is 50.6 Å². The van der Waals surface area contributed by atoms with Crippen molar-refractivity contribution in [1.82, 2.24) is 0 Å². The van der Waals surface area contributed by atoms with Crippen LogP contribution in [0.2, 0.25) is 0 Å². The second kappa shape index (κ2) is 5.32. The molecule has 3 N–H and O–H groups in total. The Hall–Kier alpha value is -1.66. The van der Waals surface area contributed by atoms with Gasteiger partial charge in [-0.05, 0) is 46.3 Å². The van der Waals surface area contributed by atoms with E-state index >= 15 is 0 Å². The third-order valence-electron chi connectivity index (χ3n) is 2.22. The van der Waals surface area contributed by atoms with Crippen molar-refractivity contribution in [2.75, 3.05) is 5.32 Å². The lowest BCUT2D eigenvalue weighted by Crippen LogP contribution is -2.12. The zero-order valence-corrected chi connectivity index (χ0v) is 11.5. The molecular weight excluding hydrogens is 316 g/mol. The van der Waals surface area contributed by atoms with Gasteiger partial charge in [-0.1, -0.05) is 0 Å². The van der Waals surface area contributed by atoms with Gasteiger partial charge in [-0.3, -0.25) is 9.59 Å². The molecule has 0 saturated carbocycles. The number of nitrogens with one attached hydrogen (secondary N) is 1. The number of carbonyl (C=O) groups excluding carboxylic acids is 2. The van der Waals surface area contributed by atoms with Gasteiger partial charge in [0.25, 0.3) is 5.91 Å². The molecule has 0 spiro atoms. The highest BCUT2D eigenvalue weighted by atomic mass is 79.9. The van der Waals surface area contributed by atoms with Crippen molar-refractivity contribution in [2.45, 2.75) is 0 Å². The summed E-state index contributed by atoms with van der Waals surface area (Å²) in [7, 11) is 0. The smallest absolute Gasteiger partial charge is 0.265 e. The number of rotatable bonds is 3. The van der Waals surface area contributed by atoms with Crippen LogP contribution in [0.1, 0.15) is 20.0 Å². The summed E-state index contributed by atoms with van der Waals surface area (Å²) in [6.07, 6.45) is 0. The Kier molecular flexibility index (Phi) is 3.78. The molecule has 1 aromatic carbocycles. The van der Waals surface area contributed by atoms with Gasteiger partial charge in [0.1, 0.15) is 0 Å². The Bertz CT molecular complexity index is 592. The van der Waals surface area contributed by atoms with Gasteiger partial charge < -0.3 is 11.1 Å². The van der Waals surface area contributed by atoms with E-state index in [-0.39, 0.29) is 5.91 Å². The first kappa shape index (κ1) is 12.8. The van der Waals surface area contributed by atoms with E-state index in [1.807, 2.05) is 5.38 Å². The van der Waals surface area contributed by atoms with Crippen LogP contribution in [0, 0.1) is 0 Å². The van der Waals surface area contributed by atoms with E-state index in [0.29, 0.717) is 16.1 Å². The van der Waals surface area contributed by atoms with Crippen molar-refractivity contribution < 1.29 is 9.59 Å². The zero-order valence-electron chi connectivity index (χ0n) is 9.14. The first-order valence-corrected chi connectivity index (χ1v) is 6.69. The van der Waals surface area contributed by atoms with Gasteiger partial charge in [0.05, 0.1) is 4.88 Å². The maximum atomic E-state index is 11.8. The number of primary amides is 1. The average Bonchev–Trinajstić information content (AvgIpc) is 2.76. The summed E-state index contributed by atoms with van der Waals surface area (Å²) in [6, 6.07) is 8.17. The molecule has 2 amide bonds. The second-order valence-corrected chi connectivity index (χ2v) is 5.35. The predicted molar refractivity (Wildman–Crippen MR) is 74.9 cm³/mol. The number of halogens is 1. The highest BCUT2D eigenvalue weighted by Crippen LogP contribution is 2.21. The molecule has 92 valence electrons. The van der Waals surface area contributed by atoms with Crippen LogP contribution >= 0.6 is 27.3 Å². The number of nitrogens with two attached hydrogens (primary N) is 1. The van der Waals surface area contributed by atoms with Crippen LogP contribution in [-0.4, -0.2) is 11.8 Å². The van der Waals surface area contributed by atoms with Gasteiger partial charge in [0.15, 0.2) is 0 Å². The van der Waals surface area contributed by atoms with E-state index in [0.717, 1.165) is 4.47 Å². The highest BCUT2D eigenvalue weighted by Gasteiger charge is 2.09. The topological polar surface area (TPSA) is 72.2 Å². The molecule has 0 saturated heterocycles. The average molecular weight is 325 g/mol. The van der Waals surface area contributed by atoms with Crippen LogP contribution < -0.4 is 11.1 Å². The summed E-state index contributed by atoms with van der Waals surface area (Å²) >= 11 is 4.64. The van der Waals surface area contributed by atoms with Crippen molar-refractivity contribution in [2.24, 2.45) is 5.73 Å².